The lowest BCUT2D eigenvalue weighted by atomic mass is 9.73. The maximum absolute atomic E-state index is 13.7. The first kappa shape index (κ1) is 12.2. The van der Waals surface area contributed by atoms with Crippen molar-refractivity contribution in [2.45, 2.75) is 50.5 Å². The molecule has 0 radical (unpaired) electrons. The predicted molar refractivity (Wildman–Crippen MR) is 69.7 cm³/mol. The number of halogens is 1. The lowest BCUT2D eigenvalue weighted by molar-refractivity contribution is -0.0201. The molecule has 1 aromatic rings. The van der Waals surface area contributed by atoms with Gasteiger partial charge in [0.05, 0.1) is 5.60 Å². The van der Waals surface area contributed by atoms with E-state index in [1.54, 1.807) is 12.1 Å². The molecular formula is C16H21FO. The van der Waals surface area contributed by atoms with Gasteiger partial charge < -0.3 is 5.11 Å². The zero-order valence-electron chi connectivity index (χ0n) is 10.7. The monoisotopic (exact) mass is 248 g/mol. The summed E-state index contributed by atoms with van der Waals surface area (Å²) in [4.78, 5) is 0. The van der Waals surface area contributed by atoms with Gasteiger partial charge in [0.25, 0.3) is 0 Å². The Morgan fingerprint density at radius 3 is 2.67 bits per heavy atom. The number of aliphatic hydroxyl groups is 1. The number of hydrogen-bond donors (Lipinski definition) is 1. The minimum absolute atomic E-state index is 0.181. The normalized spacial score (nSPS) is 32.4. The van der Waals surface area contributed by atoms with E-state index in [0.717, 1.165) is 25.2 Å². The summed E-state index contributed by atoms with van der Waals surface area (Å²) in [5, 5.41) is 10.7. The summed E-state index contributed by atoms with van der Waals surface area (Å²) in [5.41, 5.74) is -0.00954. The molecule has 2 atom stereocenters. The number of hydrogen-bond acceptors (Lipinski definition) is 1. The van der Waals surface area contributed by atoms with Crippen molar-refractivity contribution in [1.29, 1.82) is 0 Å². The van der Waals surface area contributed by atoms with Gasteiger partial charge in [0.2, 0.25) is 0 Å². The molecular weight excluding hydrogens is 227 g/mol. The van der Waals surface area contributed by atoms with Gasteiger partial charge in [-0.3, -0.25) is 0 Å². The second-order valence-corrected chi connectivity index (χ2v) is 6.19. The largest absolute Gasteiger partial charge is 0.390 e. The Hall–Kier alpha value is -0.890. The maximum Gasteiger partial charge on any atom is 0.126 e. The lowest BCUT2D eigenvalue weighted by Gasteiger charge is -2.37. The summed E-state index contributed by atoms with van der Waals surface area (Å²) in [5.74, 6) is 1.34. The van der Waals surface area contributed by atoms with Gasteiger partial charge in [-0.15, -0.1) is 0 Å². The van der Waals surface area contributed by atoms with Crippen molar-refractivity contribution in [1.82, 2.24) is 0 Å². The summed E-state index contributed by atoms with van der Waals surface area (Å²) in [6, 6.07) is 6.84. The van der Waals surface area contributed by atoms with Gasteiger partial charge in [-0.25, -0.2) is 4.39 Å². The van der Waals surface area contributed by atoms with Crippen LogP contribution in [0.5, 0.6) is 0 Å². The second kappa shape index (κ2) is 4.65. The third-order valence-electron chi connectivity index (χ3n) is 4.63. The van der Waals surface area contributed by atoms with Crippen molar-refractivity contribution >= 4 is 0 Å². The summed E-state index contributed by atoms with van der Waals surface area (Å²) < 4.78 is 13.7. The molecule has 0 bridgehead atoms. The molecule has 0 amide bonds. The highest BCUT2D eigenvalue weighted by Crippen LogP contribution is 2.47. The fourth-order valence-corrected chi connectivity index (χ4v) is 3.51. The van der Waals surface area contributed by atoms with Crippen LogP contribution >= 0.6 is 0 Å². The molecule has 0 aromatic heterocycles. The van der Waals surface area contributed by atoms with E-state index in [4.69, 9.17) is 0 Å². The molecule has 1 nitrogen and oxygen atoms in total. The van der Waals surface area contributed by atoms with Gasteiger partial charge in [-0.05, 0) is 55.6 Å². The van der Waals surface area contributed by atoms with E-state index in [1.165, 1.54) is 25.3 Å². The third kappa shape index (κ3) is 2.59. The summed E-state index contributed by atoms with van der Waals surface area (Å²) in [6.07, 6.45) is 7.18. The summed E-state index contributed by atoms with van der Waals surface area (Å²) in [7, 11) is 0. The molecule has 1 aromatic carbocycles. The average molecular weight is 248 g/mol. The summed E-state index contributed by atoms with van der Waals surface area (Å²) >= 11 is 0. The number of benzene rings is 1. The van der Waals surface area contributed by atoms with E-state index >= 15 is 0 Å². The van der Waals surface area contributed by atoms with E-state index in [9.17, 15) is 9.50 Å². The van der Waals surface area contributed by atoms with Crippen LogP contribution in [0.1, 0.15) is 44.1 Å². The van der Waals surface area contributed by atoms with Crippen LogP contribution in [0.2, 0.25) is 0 Å². The van der Waals surface area contributed by atoms with E-state index in [1.807, 2.05) is 6.07 Å². The van der Waals surface area contributed by atoms with E-state index in [0.29, 0.717) is 17.9 Å². The highest BCUT2D eigenvalue weighted by molar-refractivity contribution is 5.19. The Morgan fingerprint density at radius 2 is 1.94 bits per heavy atom. The van der Waals surface area contributed by atoms with Crippen molar-refractivity contribution < 1.29 is 9.50 Å². The zero-order chi connectivity index (χ0) is 12.6. The van der Waals surface area contributed by atoms with E-state index in [2.05, 4.69) is 0 Å². The standard InChI is InChI=1S/C16H21FO/c17-15-6-2-1-4-14(15)11-16(18)9-3-5-13(10-16)12-7-8-12/h1-2,4,6,12-13,18H,3,5,7-11H2. The van der Waals surface area contributed by atoms with Gasteiger partial charge >= 0.3 is 0 Å². The van der Waals surface area contributed by atoms with Gasteiger partial charge in [0, 0.05) is 6.42 Å². The fourth-order valence-electron chi connectivity index (χ4n) is 3.51. The minimum Gasteiger partial charge on any atom is -0.390 e. The lowest BCUT2D eigenvalue weighted by Crippen LogP contribution is -2.38. The molecule has 1 N–H and O–H groups in total. The SMILES string of the molecule is OC1(Cc2ccccc2F)CCCC(C2CC2)C1. The van der Waals surface area contributed by atoms with Crippen molar-refractivity contribution in [2.24, 2.45) is 11.8 Å². The van der Waals surface area contributed by atoms with Crippen molar-refractivity contribution in [2.75, 3.05) is 0 Å². The van der Waals surface area contributed by atoms with E-state index in [-0.39, 0.29) is 5.82 Å². The van der Waals surface area contributed by atoms with Crippen LogP contribution in [0.25, 0.3) is 0 Å². The quantitative estimate of drug-likeness (QED) is 0.864. The molecule has 98 valence electrons. The van der Waals surface area contributed by atoms with Crippen LogP contribution < -0.4 is 0 Å². The Balaban J connectivity index is 1.72. The molecule has 3 rings (SSSR count). The van der Waals surface area contributed by atoms with Crippen molar-refractivity contribution in [3.63, 3.8) is 0 Å². The molecule has 2 aliphatic carbocycles. The van der Waals surface area contributed by atoms with Crippen molar-refractivity contribution in [3.05, 3.63) is 35.6 Å². The molecule has 0 spiro atoms. The molecule has 2 aliphatic rings. The van der Waals surface area contributed by atoms with Crippen LogP contribution in [-0.4, -0.2) is 10.7 Å². The molecule has 18 heavy (non-hydrogen) atoms. The fraction of sp³-hybridized carbons (Fsp3) is 0.625. The Labute approximate surface area is 108 Å². The highest BCUT2D eigenvalue weighted by Gasteiger charge is 2.41. The van der Waals surface area contributed by atoms with E-state index < -0.39 is 5.60 Å². The average Bonchev–Trinajstić information content (AvgIpc) is 3.16. The molecule has 0 heterocycles. The first-order valence-corrected chi connectivity index (χ1v) is 7.12. The van der Waals surface area contributed by atoms with Gasteiger partial charge in [0.1, 0.15) is 5.82 Å². The maximum atomic E-state index is 13.7. The topological polar surface area (TPSA) is 20.2 Å². The smallest absolute Gasteiger partial charge is 0.126 e. The van der Waals surface area contributed by atoms with Gasteiger partial charge in [-0.1, -0.05) is 24.6 Å². The first-order chi connectivity index (χ1) is 8.66. The van der Waals surface area contributed by atoms with Crippen LogP contribution in [0.15, 0.2) is 24.3 Å². The highest BCUT2D eigenvalue weighted by atomic mass is 19.1. The van der Waals surface area contributed by atoms with Crippen LogP contribution in [0.3, 0.4) is 0 Å². The Kier molecular flexibility index (Phi) is 3.14. The summed E-state index contributed by atoms with van der Waals surface area (Å²) in [6.45, 7) is 0. The Bertz CT molecular complexity index is 427. The van der Waals surface area contributed by atoms with Crippen molar-refractivity contribution in [3.8, 4) is 0 Å². The number of rotatable bonds is 3. The third-order valence-corrected chi connectivity index (χ3v) is 4.63. The van der Waals surface area contributed by atoms with Crippen LogP contribution in [0, 0.1) is 17.7 Å². The molecule has 2 heteroatoms. The minimum atomic E-state index is -0.673. The molecule has 2 fully saturated rings. The van der Waals surface area contributed by atoms with Crippen LogP contribution in [-0.2, 0) is 6.42 Å². The molecule has 2 unspecified atom stereocenters. The first-order valence-electron chi connectivity index (χ1n) is 7.12. The zero-order valence-corrected chi connectivity index (χ0v) is 10.7. The molecule has 0 saturated heterocycles. The Morgan fingerprint density at radius 1 is 1.17 bits per heavy atom. The molecule has 0 aliphatic heterocycles. The molecule has 2 saturated carbocycles. The predicted octanol–water partition coefficient (Wildman–Crippen LogP) is 3.70. The van der Waals surface area contributed by atoms with Gasteiger partial charge in [-0.2, -0.15) is 0 Å². The van der Waals surface area contributed by atoms with Crippen LogP contribution in [0.4, 0.5) is 4.39 Å². The second-order valence-electron chi connectivity index (χ2n) is 6.19. The van der Waals surface area contributed by atoms with Gasteiger partial charge in [0.15, 0.2) is 0 Å².